The summed E-state index contributed by atoms with van der Waals surface area (Å²) >= 11 is 0. The number of sulfonamides is 1. The van der Waals surface area contributed by atoms with Gasteiger partial charge in [-0.2, -0.15) is 0 Å². The van der Waals surface area contributed by atoms with E-state index in [4.69, 9.17) is 10.2 Å². The fourth-order valence-corrected chi connectivity index (χ4v) is 1.95. The van der Waals surface area contributed by atoms with Crippen molar-refractivity contribution in [2.24, 2.45) is 0 Å². The Labute approximate surface area is 92.6 Å². The molecule has 88 valence electrons. The zero-order valence-electron chi connectivity index (χ0n) is 8.25. The molecule has 0 spiro atoms. The summed E-state index contributed by atoms with van der Waals surface area (Å²) in [4.78, 5) is 10.3. The molecular weight excluding hydrogens is 234 g/mol. The molecule has 0 saturated carbocycles. The van der Waals surface area contributed by atoms with Gasteiger partial charge in [0, 0.05) is 5.69 Å². The SMILES string of the molecule is O=C(O)CS(=O)(=O)Nc1ccc(CO)cc1. The van der Waals surface area contributed by atoms with E-state index in [1.807, 2.05) is 0 Å². The van der Waals surface area contributed by atoms with E-state index in [-0.39, 0.29) is 12.3 Å². The molecule has 6 nitrogen and oxygen atoms in total. The van der Waals surface area contributed by atoms with Crippen molar-refractivity contribution in [3.8, 4) is 0 Å². The van der Waals surface area contributed by atoms with Crippen molar-refractivity contribution in [3.63, 3.8) is 0 Å². The summed E-state index contributed by atoms with van der Waals surface area (Å²) in [7, 11) is -3.87. The molecule has 0 fully saturated rings. The van der Waals surface area contributed by atoms with Gasteiger partial charge in [-0.3, -0.25) is 9.52 Å². The Hall–Kier alpha value is -1.60. The smallest absolute Gasteiger partial charge is 0.320 e. The predicted octanol–water partition coefficient (Wildman–Crippen LogP) is 0.00520. The maximum atomic E-state index is 11.2. The van der Waals surface area contributed by atoms with E-state index in [1.54, 1.807) is 12.1 Å². The second-order valence-electron chi connectivity index (χ2n) is 3.11. The number of anilines is 1. The molecule has 0 amide bonds. The minimum atomic E-state index is -3.87. The summed E-state index contributed by atoms with van der Waals surface area (Å²) in [6.07, 6.45) is 0. The first-order valence-corrected chi connectivity index (χ1v) is 6.00. The minimum absolute atomic E-state index is 0.137. The Bertz CT molecular complexity index is 465. The summed E-state index contributed by atoms with van der Waals surface area (Å²) < 4.78 is 24.6. The highest BCUT2D eigenvalue weighted by molar-refractivity contribution is 7.93. The fourth-order valence-electron chi connectivity index (χ4n) is 1.06. The predicted molar refractivity (Wildman–Crippen MR) is 57.4 cm³/mol. The van der Waals surface area contributed by atoms with Crippen LogP contribution in [0.1, 0.15) is 5.56 Å². The number of rotatable bonds is 5. The summed E-state index contributed by atoms with van der Waals surface area (Å²) in [6.45, 7) is -0.137. The van der Waals surface area contributed by atoms with E-state index in [0.29, 0.717) is 5.56 Å². The number of carbonyl (C=O) groups is 1. The zero-order valence-corrected chi connectivity index (χ0v) is 9.07. The lowest BCUT2D eigenvalue weighted by Gasteiger charge is -2.06. The van der Waals surface area contributed by atoms with E-state index in [9.17, 15) is 13.2 Å². The maximum Gasteiger partial charge on any atom is 0.320 e. The molecule has 16 heavy (non-hydrogen) atoms. The van der Waals surface area contributed by atoms with E-state index >= 15 is 0 Å². The first kappa shape index (κ1) is 12.5. The van der Waals surface area contributed by atoms with Gasteiger partial charge in [0.15, 0.2) is 5.75 Å². The van der Waals surface area contributed by atoms with E-state index < -0.39 is 21.7 Å². The zero-order chi connectivity index (χ0) is 12.2. The molecule has 1 rings (SSSR count). The van der Waals surface area contributed by atoms with Gasteiger partial charge in [0.2, 0.25) is 10.0 Å². The molecule has 0 aliphatic heterocycles. The Balaban J connectivity index is 2.76. The highest BCUT2D eigenvalue weighted by atomic mass is 32.2. The molecular formula is C9H11NO5S. The molecule has 0 saturated heterocycles. The molecule has 7 heteroatoms. The molecule has 0 atom stereocenters. The third-order valence-electron chi connectivity index (χ3n) is 1.72. The van der Waals surface area contributed by atoms with Gasteiger partial charge in [-0.25, -0.2) is 8.42 Å². The van der Waals surface area contributed by atoms with Gasteiger partial charge >= 0.3 is 5.97 Å². The van der Waals surface area contributed by atoms with Crippen LogP contribution in [0.5, 0.6) is 0 Å². The van der Waals surface area contributed by atoms with Crippen LogP contribution in [-0.4, -0.2) is 30.4 Å². The number of aliphatic carboxylic acids is 1. The normalized spacial score (nSPS) is 11.1. The fraction of sp³-hybridized carbons (Fsp3) is 0.222. The highest BCUT2D eigenvalue weighted by Crippen LogP contribution is 2.11. The van der Waals surface area contributed by atoms with Crippen molar-refractivity contribution in [3.05, 3.63) is 29.8 Å². The van der Waals surface area contributed by atoms with Crippen LogP contribution in [0, 0.1) is 0 Å². The van der Waals surface area contributed by atoms with Gasteiger partial charge in [0.05, 0.1) is 6.61 Å². The van der Waals surface area contributed by atoms with Crippen molar-refractivity contribution in [1.82, 2.24) is 0 Å². The number of hydrogen-bond donors (Lipinski definition) is 3. The molecule has 0 aliphatic carbocycles. The molecule has 1 aromatic rings. The van der Waals surface area contributed by atoms with Gasteiger partial charge < -0.3 is 10.2 Å². The maximum absolute atomic E-state index is 11.2. The Kier molecular flexibility index (Phi) is 3.86. The topological polar surface area (TPSA) is 104 Å². The molecule has 0 bridgehead atoms. The molecule has 0 aliphatic rings. The number of carboxylic acid groups (broad SMARTS) is 1. The lowest BCUT2D eigenvalue weighted by molar-refractivity contribution is -0.134. The monoisotopic (exact) mass is 245 g/mol. The van der Waals surface area contributed by atoms with Gasteiger partial charge in [-0.05, 0) is 17.7 Å². The summed E-state index contributed by atoms with van der Waals surface area (Å²) in [5.41, 5.74) is 0.902. The standard InChI is InChI=1S/C9H11NO5S/c11-5-7-1-3-8(4-2-7)10-16(14,15)6-9(12)13/h1-4,10-11H,5-6H2,(H,12,13). The molecule has 0 aromatic heterocycles. The lowest BCUT2D eigenvalue weighted by Crippen LogP contribution is -2.22. The van der Waals surface area contributed by atoms with E-state index in [2.05, 4.69) is 4.72 Å². The van der Waals surface area contributed by atoms with Crippen LogP contribution >= 0.6 is 0 Å². The van der Waals surface area contributed by atoms with Crippen molar-refractivity contribution >= 4 is 21.7 Å². The second kappa shape index (κ2) is 4.95. The average molecular weight is 245 g/mol. The van der Waals surface area contributed by atoms with Crippen molar-refractivity contribution in [1.29, 1.82) is 0 Å². The summed E-state index contributed by atoms with van der Waals surface area (Å²) in [6, 6.07) is 5.98. The number of aliphatic hydroxyl groups is 1. The van der Waals surface area contributed by atoms with Gasteiger partial charge in [0.25, 0.3) is 0 Å². The molecule has 0 unspecified atom stereocenters. The number of nitrogens with one attached hydrogen (secondary N) is 1. The van der Waals surface area contributed by atoms with Crippen molar-refractivity contribution < 1.29 is 23.4 Å². The number of benzene rings is 1. The lowest BCUT2D eigenvalue weighted by atomic mass is 10.2. The van der Waals surface area contributed by atoms with Crippen LogP contribution in [0.4, 0.5) is 5.69 Å². The molecule has 3 N–H and O–H groups in total. The first-order valence-electron chi connectivity index (χ1n) is 4.35. The molecule has 0 heterocycles. The van der Waals surface area contributed by atoms with Gasteiger partial charge in [-0.1, -0.05) is 12.1 Å². The average Bonchev–Trinajstić information content (AvgIpc) is 2.16. The molecule has 0 radical (unpaired) electrons. The van der Waals surface area contributed by atoms with Crippen molar-refractivity contribution in [2.75, 3.05) is 10.5 Å². The van der Waals surface area contributed by atoms with Gasteiger partial charge in [-0.15, -0.1) is 0 Å². The van der Waals surface area contributed by atoms with Crippen LogP contribution in [0.3, 0.4) is 0 Å². The third-order valence-corrected chi connectivity index (χ3v) is 2.90. The Morgan fingerprint density at radius 3 is 2.25 bits per heavy atom. The van der Waals surface area contributed by atoms with Gasteiger partial charge in [0.1, 0.15) is 0 Å². The van der Waals surface area contributed by atoms with Crippen LogP contribution in [0.15, 0.2) is 24.3 Å². The van der Waals surface area contributed by atoms with E-state index in [0.717, 1.165) is 0 Å². The van der Waals surface area contributed by atoms with Crippen molar-refractivity contribution in [2.45, 2.75) is 6.61 Å². The summed E-state index contributed by atoms with van der Waals surface area (Å²) in [5.74, 6) is -2.39. The quantitative estimate of drug-likeness (QED) is 0.677. The summed E-state index contributed by atoms with van der Waals surface area (Å²) in [5, 5.41) is 17.1. The molecule has 1 aromatic carbocycles. The number of hydrogen-bond acceptors (Lipinski definition) is 4. The van der Waals surface area contributed by atoms with E-state index in [1.165, 1.54) is 12.1 Å². The largest absolute Gasteiger partial charge is 0.480 e. The third kappa shape index (κ3) is 3.87. The number of aliphatic hydroxyl groups excluding tert-OH is 1. The van der Waals surface area contributed by atoms with Crippen LogP contribution in [0.2, 0.25) is 0 Å². The highest BCUT2D eigenvalue weighted by Gasteiger charge is 2.15. The Morgan fingerprint density at radius 2 is 1.81 bits per heavy atom. The van der Waals surface area contributed by atoms with Crippen LogP contribution in [0.25, 0.3) is 0 Å². The second-order valence-corrected chi connectivity index (χ2v) is 4.83. The van der Waals surface area contributed by atoms with Crippen LogP contribution < -0.4 is 4.72 Å². The Morgan fingerprint density at radius 1 is 1.25 bits per heavy atom. The first-order chi connectivity index (χ1) is 7.43. The van der Waals surface area contributed by atoms with Crippen LogP contribution in [-0.2, 0) is 21.4 Å². The number of carboxylic acids is 1. The minimum Gasteiger partial charge on any atom is -0.480 e.